The van der Waals surface area contributed by atoms with E-state index in [0.717, 1.165) is 12.8 Å². The Labute approximate surface area is 139 Å². The van der Waals surface area contributed by atoms with Gasteiger partial charge in [0.25, 0.3) is 0 Å². The van der Waals surface area contributed by atoms with E-state index < -0.39 is 18.1 Å². The Morgan fingerprint density at radius 3 is 2.24 bits per heavy atom. The fourth-order valence-electron chi connectivity index (χ4n) is 1.55. The van der Waals surface area contributed by atoms with Crippen LogP contribution in [-0.2, 0) is 19.1 Å². The molecule has 122 valence electrons. The lowest BCUT2D eigenvalue weighted by Crippen LogP contribution is -2.53. The molecule has 0 fully saturated rings. The highest BCUT2D eigenvalue weighted by atomic mass is 127. The number of halogens is 1. The number of alkyl halides is 1. The maximum Gasteiger partial charge on any atom is 0.328 e. The number of unbranched alkanes of at least 4 members (excludes halogenated alkanes) is 1. The van der Waals surface area contributed by atoms with Gasteiger partial charge in [-0.15, -0.1) is 0 Å². The lowest BCUT2D eigenvalue weighted by atomic mass is 10.0. The molecule has 2 atom stereocenters. The highest BCUT2D eigenvalue weighted by Crippen LogP contribution is 2.03. The zero-order valence-electron chi connectivity index (χ0n) is 13.1. The SMILES string of the molecule is CCCCOC(=O)C(C)NC(=O)C(NC(=O)CI)C(C)C. The summed E-state index contributed by atoms with van der Waals surface area (Å²) in [5.74, 6) is -1.11. The normalized spacial score (nSPS) is 13.4. The molecule has 0 spiro atoms. The molecule has 0 saturated carbocycles. The van der Waals surface area contributed by atoms with E-state index in [-0.39, 0.29) is 22.2 Å². The van der Waals surface area contributed by atoms with Crippen LogP contribution in [0.1, 0.15) is 40.5 Å². The van der Waals surface area contributed by atoms with Crippen LogP contribution in [0.15, 0.2) is 0 Å². The lowest BCUT2D eigenvalue weighted by Gasteiger charge is -2.23. The topological polar surface area (TPSA) is 84.5 Å². The molecule has 2 unspecified atom stereocenters. The van der Waals surface area contributed by atoms with Gasteiger partial charge in [-0.3, -0.25) is 9.59 Å². The predicted molar refractivity (Wildman–Crippen MR) is 89.1 cm³/mol. The molecule has 0 aliphatic heterocycles. The molecule has 0 radical (unpaired) electrons. The van der Waals surface area contributed by atoms with Crippen LogP contribution in [0.2, 0.25) is 0 Å². The second-order valence-electron chi connectivity index (χ2n) is 5.17. The molecule has 0 bridgehead atoms. The summed E-state index contributed by atoms with van der Waals surface area (Å²) in [7, 11) is 0. The first-order valence-electron chi connectivity index (χ1n) is 7.15. The van der Waals surface area contributed by atoms with Crippen LogP contribution in [-0.4, -0.2) is 40.9 Å². The van der Waals surface area contributed by atoms with Crippen molar-refractivity contribution in [3.05, 3.63) is 0 Å². The summed E-state index contributed by atoms with van der Waals surface area (Å²) in [6.07, 6.45) is 1.73. The Bertz CT molecular complexity index is 361. The minimum absolute atomic E-state index is 0.0692. The number of carbonyl (C=O) groups excluding carboxylic acids is 3. The fourth-order valence-corrected chi connectivity index (χ4v) is 1.77. The average molecular weight is 412 g/mol. The molecule has 6 nitrogen and oxygen atoms in total. The van der Waals surface area contributed by atoms with E-state index in [1.165, 1.54) is 0 Å². The highest BCUT2D eigenvalue weighted by molar-refractivity contribution is 14.1. The van der Waals surface area contributed by atoms with E-state index >= 15 is 0 Å². The molecular formula is C14H25IN2O4. The first-order valence-corrected chi connectivity index (χ1v) is 8.68. The molecule has 2 N–H and O–H groups in total. The minimum atomic E-state index is -0.730. The third kappa shape index (κ3) is 8.23. The Balaban J connectivity index is 4.46. The molecule has 0 rings (SSSR count). The van der Waals surface area contributed by atoms with E-state index in [4.69, 9.17) is 4.74 Å². The molecule has 21 heavy (non-hydrogen) atoms. The van der Waals surface area contributed by atoms with Gasteiger partial charge < -0.3 is 15.4 Å². The molecule has 0 aromatic heterocycles. The monoisotopic (exact) mass is 412 g/mol. The second kappa shape index (κ2) is 10.8. The summed E-state index contributed by atoms with van der Waals surface area (Å²) in [6.45, 7) is 7.60. The molecule has 0 aromatic rings. The maximum atomic E-state index is 12.1. The van der Waals surface area contributed by atoms with E-state index in [0.29, 0.717) is 6.61 Å². The van der Waals surface area contributed by atoms with Crippen LogP contribution < -0.4 is 10.6 Å². The average Bonchev–Trinajstić information content (AvgIpc) is 2.43. The lowest BCUT2D eigenvalue weighted by molar-refractivity contribution is -0.147. The number of carbonyl (C=O) groups is 3. The van der Waals surface area contributed by atoms with Crippen molar-refractivity contribution in [1.29, 1.82) is 0 Å². The van der Waals surface area contributed by atoms with Gasteiger partial charge in [0.15, 0.2) is 0 Å². The van der Waals surface area contributed by atoms with Gasteiger partial charge in [-0.25, -0.2) is 4.79 Å². The Morgan fingerprint density at radius 1 is 1.14 bits per heavy atom. The molecule has 0 saturated heterocycles. The summed E-state index contributed by atoms with van der Waals surface area (Å²) >= 11 is 1.93. The van der Waals surface area contributed by atoms with Crippen LogP contribution >= 0.6 is 22.6 Å². The van der Waals surface area contributed by atoms with Crippen LogP contribution in [0.25, 0.3) is 0 Å². The summed E-state index contributed by atoms with van der Waals surface area (Å²) in [4.78, 5) is 35.3. The summed E-state index contributed by atoms with van der Waals surface area (Å²) in [5.41, 5.74) is 0. The van der Waals surface area contributed by atoms with Gasteiger partial charge in [-0.2, -0.15) is 0 Å². The molecule has 0 aliphatic rings. The fraction of sp³-hybridized carbons (Fsp3) is 0.786. The van der Waals surface area contributed by atoms with E-state index in [9.17, 15) is 14.4 Å². The van der Waals surface area contributed by atoms with Crippen LogP contribution in [0, 0.1) is 5.92 Å². The maximum absolute atomic E-state index is 12.1. The van der Waals surface area contributed by atoms with Crippen LogP contribution in [0.4, 0.5) is 0 Å². The van der Waals surface area contributed by atoms with Gasteiger partial charge >= 0.3 is 5.97 Å². The number of rotatable bonds is 9. The molecule has 7 heteroatoms. The minimum Gasteiger partial charge on any atom is -0.464 e. The van der Waals surface area contributed by atoms with Crippen molar-refractivity contribution in [1.82, 2.24) is 10.6 Å². The first-order chi connectivity index (χ1) is 9.83. The van der Waals surface area contributed by atoms with Crippen molar-refractivity contribution in [3.8, 4) is 0 Å². The van der Waals surface area contributed by atoms with E-state index in [2.05, 4.69) is 10.6 Å². The summed E-state index contributed by atoms with van der Waals surface area (Å²) in [5, 5.41) is 5.24. The molecule has 2 amide bonds. The number of hydrogen-bond donors (Lipinski definition) is 2. The first kappa shape index (κ1) is 20.1. The van der Waals surface area contributed by atoms with E-state index in [1.54, 1.807) is 6.92 Å². The Kier molecular flexibility index (Phi) is 10.4. The largest absolute Gasteiger partial charge is 0.464 e. The van der Waals surface area contributed by atoms with Gasteiger partial charge in [0, 0.05) is 0 Å². The van der Waals surface area contributed by atoms with Crippen molar-refractivity contribution in [3.63, 3.8) is 0 Å². The van der Waals surface area contributed by atoms with Gasteiger partial charge in [0.05, 0.1) is 11.0 Å². The van der Waals surface area contributed by atoms with Crippen molar-refractivity contribution < 1.29 is 19.1 Å². The van der Waals surface area contributed by atoms with Gasteiger partial charge in [-0.05, 0) is 19.3 Å². The number of ether oxygens (including phenoxy) is 1. The molecule has 0 aromatic carbocycles. The molecule has 0 heterocycles. The van der Waals surface area contributed by atoms with Crippen molar-refractivity contribution in [2.75, 3.05) is 11.0 Å². The smallest absolute Gasteiger partial charge is 0.328 e. The third-order valence-electron chi connectivity index (χ3n) is 2.84. The Morgan fingerprint density at radius 2 is 1.76 bits per heavy atom. The van der Waals surface area contributed by atoms with Gasteiger partial charge in [0.2, 0.25) is 11.8 Å². The molecular weight excluding hydrogens is 387 g/mol. The summed E-state index contributed by atoms with van der Waals surface area (Å²) in [6, 6.07) is -1.38. The Hall–Kier alpha value is -0.860. The predicted octanol–water partition coefficient (Wildman–Crippen LogP) is 1.41. The van der Waals surface area contributed by atoms with Crippen molar-refractivity contribution in [2.24, 2.45) is 5.92 Å². The quantitative estimate of drug-likeness (QED) is 0.260. The number of amides is 2. The molecule has 0 aliphatic carbocycles. The second-order valence-corrected chi connectivity index (χ2v) is 5.94. The zero-order valence-corrected chi connectivity index (χ0v) is 15.2. The standard InChI is InChI=1S/C14H25IN2O4/c1-5-6-7-21-14(20)10(4)16-13(19)12(9(2)3)17-11(18)8-15/h9-10,12H,5-8H2,1-4H3,(H,16,19)(H,17,18). The number of hydrogen-bond acceptors (Lipinski definition) is 4. The van der Waals surface area contributed by atoms with Crippen molar-refractivity contribution >= 4 is 40.4 Å². The third-order valence-corrected chi connectivity index (χ3v) is 3.53. The van der Waals surface area contributed by atoms with Gasteiger partial charge in [0.1, 0.15) is 12.1 Å². The van der Waals surface area contributed by atoms with Crippen LogP contribution in [0.5, 0.6) is 0 Å². The number of nitrogens with one attached hydrogen (secondary N) is 2. The van der Waals surface area contributed by atoms with E-state index in [1.807, 2.05) is 43.4 Å². The number of esters is 1. The highest BCUT2D eigenvalue weighted by Gasteiger charge is 2.27. The zero-order chi connectivity index (χ0) is 16.4. The summed E-state index contributed by atoms with van der Waals surface area (Å²) < 4.78 is 5.33. The van der Waals surface area contributed by atoms with Gasteiger partial charge in [-0.1, -0.05) is 49.8 Å². The van der Waals surface area contributed by atoms with Crippen molar-refractivity contribution in [2.45, 2.75) is 52.6 Å². The van der Waals surface area contributed by atoms with Crippen LogP contribution in [0.3, 0.4) is 0 Å².